The quantitative estimate of drug-likeness (QED) is 0.656. The molecule has 0 aromatic rings. The molecule has 0 rings (SSSR count). The predicted octanol–water partition coefficient (Wildman–Crippen LogP) is 1.29. The molecule has 0 aromatic heterocycles. The van der Waals surface area contributed by atoms with Crippen LogP contribution in [0.3, 0.4) is 0 Å². The van der Waals surface area contributed by atoms with Crippen LogP contribution in [0.1, 0.15) is 13.8 Å². The first-order valence-electron chi connectivity index (χ1n) is 2.75. The molecule has 0 unspecified atom stereocenters. The van der Waals surface area contributed by atoms with E-state index < -0.39 is 18.6 Å². The van der Waals surface area contributed by atoms with E-state index in [1.54, 1.807) is 0 Å². The van der Waals surface area contributed by atoms with Crippen LogP contribution in [-0.2, 0) is 4.74 Å². The number of rotatable bonds is 2. The topological polar surface area (TPSA) is 29.5 Å². The van der Waals surface area contributed by atoms with Crippen molar-refractivity contribution in [3.63, 3.8) is 0 Å². The monoisotopic (exact) mass is 158 g/mol. The van der Waals surface area contributed by atoms with E-state index in [0.717, 1.165) is 6.92 Å². The van der Waals surface area contributed by atoms with Crippen LogP contribution >= 0.6 is 0 Å². The van der Waals surface area contributed by atoms with Crippen molar-refractivity contribution in [2.75, 3.05) is 0 Å². The van der Waals surface area contributed by atoms with Crippen LogP contribution in [0, 0.1) is 0 Å². The Balaban J connectivity index is 3.68. The van der Waals surface area contributed by atoms with Crippen molar-refractivity contribution in [2.45, 2.75) is 32.4 Å². The zero-order chi connectivity index (χ0) is 8.36. The van der Waals surface area contributed by atoms with Gasteiger partial charge in [-0.3, -0.25) is 4.74 Å². The highest BCUT2D eigenvalue weighted by atomic mass is 19.4. The number of hydrogen-bond donors (Lipinski definition) is 1. The average Bonchev–Trinajstić information content (AvgIpc) is 1.60. The van der Waals surface area contributed by atoms with Crippen LogP contribution in [0.4, 0.5) is 13.2 Å². The molecule has 0 aliphatic rings. The Morgan fingerprint density at radius 1 is 1.30 bits per heavy atom. The fourth-order valence-electron chi connectivity index (χ4n) is 0.309. The standard InChI is InChI=1S/C5H9F3O2/c1-3(9)4(2)10-5(6,7)8/h3-4,9H,1-2H3/t3-,4-/m1/s1. The van der Waals surface area contributed by atoms with Gasteiger partial charge in [-0.1, -0.05) is 0 Å². The Kier molecular flexibility index (Phi) is 3.11. The molecule has 0 fully saturated rings. The largest absolute Gasteiger partial charge is 0.522 e. The van der Waals surface area contributed by atoms with Crippen molar-refractivity contribution in [3.05, 3.63) is 0 Å². The summed E-state index contributed by atoms with van der Waals surface area (Å²) >= 11 is 0. The van der Waals surface area contributed by atoms with E-state index in [-0.39, 0.29) is 0 Å². The molecule has 0 saturated heterocycles. The van der Waals surface area contributed by atoms with Crippen molar-refractivity contribution in [1.29, 1.82) is 0 Å². The lowest BCUT2D eigenvalue weighted by molar-refractivity contribution is -0.347. The Morgan fingerprint density at radius 2 is 1.70 bits per heavy atom. The summed E-state index contributed by atoms with van der Waals surface area (Å²) in [5.74, 6) is 0. The highest BCUT2D eigenvalue weighted by Gasteiger charge is 2.33. The maximum Gasteiger partial charge on any atom is 0.522 e. The van der Waals surface area contributed by atoms with Gasteiger partial charge in [0.25, 0.3) is 0 Å². The van der Waals surface area contributed by atoms with Gasteiger partial charge in [0, 0.05) is 0 Å². The molecule has 10 heavy (non-hydrogen) atoms. The van der Waals surface area contributed by atoms with Gasteiger partial charge in [0.2, 0.25) is 0 Å². The van der Waals surface area contributed by atoms with E-state index in [4.69, 9.17) is 5.11 Å². The van der Waals surface area contributed by atoms with Crippen LogP contribution in [-0.4, -0.2) is 23.7 Å². The highest BCUT2D eigenvalue weighted by Crippen LogP contribution is 2.19. The van der Waals surface area contributed by atoms with Crippen LogP contribution in [0.15, 0.2) is 0 Å². The van der Waals surface area contributed by atoms with Crippen LogP contribution in [0.2, 0.25) is 0 Å². The van der Waals surface area contributed by atoms with Gasteiger partial charge in [0.1, 0.15) is 0 Å². The summed E-state index contributed by atoms with van der Waals surface area (Å²) in [7, 11) is 0. The molecule has 0 saturated carbocycles. The van der Waals surface area contributed by atoms with Crippen LogP contribution in [0.25, 0.3) is 0 Å². The highest BCUT2D eigenvalue weighted by molar-refractivity contribution is 4.56. The van der Waals surface area contributed by atoms with E-state index in [0.29, 0.717) is 0 Å². The third-order valence-corrected chi connectivity index (χ3v) is 0.999. The molecule has 0 amide bonds. The maximum absolute atomic E-state index is 11.3. The smallest absolute Gasteiger partial charge is 0.391 e. The van der Waals surface area contributed by atoms with Crippen molar-refractivity contribution in [3.8, 4) is 0 Å². The number of aliphatic hydroxyl groups excluding tert-OH is 1. The third kappa shape index (κ3) is 4.58. The minimum Gasteiger partial charge on any atom is -0.391 e. The van der Waals surface area contributed by atoms with Gasteiger partial charge in [-0.15, -0.1) is 13.2 Å². The summed E-state index contributed by atoms with van der Waals surface area (Å²) in [4.78, 5) is 0. The molecule has 0 spiro atoms. The summed E-state index contributed by atoms with van der Waals surface area (Å²) in [6, 6.07) is 0. The summed E-state index contributed by atoms with van der Waals surface area (Å²) in [5.41, 5.74) is 0. The molecule has 0 bridgehead atoms. The summed E-state index contributed by atoms with van der Waals surface area (Å²) in [6.07, 6.45) is -6.97. The lowest BCUT2D eigenvalue weighted by atomic mass is 10.3. The van der Waals surface area contributed by atoms with Crippen LogP contribution in [0.5, 0.6) is 0 Å². The van der Waals surface area contributed by atoms with Gasteiger partial charge in [-0.2, -0.15) is 0 Å². The van der Waals surface area contributed by atoms with Crippen molar-refractivity contribution in [2.24, 2.45) is 0 Å². The fourth-order valence-corrected chi connectivity index (χ4v) is 0.309. The number of halogens is 3. The van der Waals surface area contributed by atoms with Crippen LogP contribution < -0.4 is 0 Å². The maximum atomic E-state index is 11.3. The van der Waals surface area contributed by atoms with E-state index in [9.17, 15) is 13.2 Å². The number of aliphatic hydroxyl groups is 1. The second-order valence-electron chi connectivity index (χ2n) is 2.01. The summed E-state index contributed by atoms with van der Waals surface area (Å²) < 4.78 is 37.4. The molecular formula is C5H9F3O2. The van der Waals surface area contributed by atoms with E-state index in [1.165, 1.54) is 6.92 Å². The van der Waals surface area contributed by atoms with Gasteiger partial charge in [0.05, 0.1) is 12.2 Å². The summed E-state index contributed by atoms with van der Waals surface area (Å²) in [5, 5.41) is 8.56. The van der Waals surface area contributed by atoms with Gasteiger partial charge in [-0.25, -0.2) is 0 Å². The molecular weight excluding hydrogens is 149 g/mol. The Morgan fingerprint density at radius 3 is 1.80 bits per heavy atom. The fraction of sp³-hybridized carbons (Fsp3) is 1.00. The molecule has 5 heteroatoms. The van der Waals surface area contributed by atoms with E-state index in [1.807, 2.05) is 0 Å². The Labute approximate surface area is 56.6 Å². The first-order chi connectivity index (χ1) is 4.33. The second-order valence-corrected chi connectivity index (χ2v) is 2.01. The van der Waals surface area contributed by atoms with E-state index >= 15 is 0 Å². The molecule has 0 aliphatic heterocycles. The number of alkyl halides is 3. The van der Waals surface area contributed by atoms with Gasteiger partial charge < -0.3 is 5.11 Å². The molecule has 0 radical (unpaired) electrons. The van der Waals surface area contributed by atoms with Gasteiger partial charge >= 0.3 is 6.36 Å². The zero-order valence-corrected chi connectivity index (χ0v) is 5.64. The first-order valence-corrected chi connectivity index (χ1v) is 2.75. The Bertz CT molecular complexity index is 99.6. The second kappa shape index (κ2) is 3.21. The van der Waals surface area contributed by atoms with Crippen molar-refractivity contribution < 1.29 is 23.0 Å². The predicted molar refractivity (Wildman–Crippen MR) is 28.3 cm³/mol. The Hall–Kier alpha value is -0.290. The van der Waals surface area contributed by atoms with Gasteiger partial charge in [0.15, 0.2) is 0 Å². The minimum atomic E-state index is -4.66. The zero-order valence-electron chi connectivity index (χ0n) is 5.64. The molecule has 1 N–H and O–H groups in total. The molecule has 0 aromatic carbocycles. The number of ether oxygens (including phenoxy) is 1. The summed E-state index contributed by atoms with van der Waals surface area (Å²) in [6.45, 7) is 2.38. The molecule has 62 valence electrons. The normalized spacial score (nSPS) is 18.6. The van der Waals surface area contributed by atoms with Crippen molar-refractivity contribution >= 4 is 0 Å². The lowest BCUT2D eigenvalue weighted by Crippen LogP contribution is -2.29. The minimum absolute atomic E-state index is 1.11. The molecule has 2 nitrogen and oxygen atoms in total. The third-order valence-electron chi connectivity index (χ3n) is 0.999. The lowest BCUT2D eigenvalue weighted by Gasteiger charge is -2.16. The van der Waals surface area contributed by atoms with Crippen molar-refractivity contribution in [1.82, 2.24) is 0 Å². The van der Waals surface area contributed by atoms with Gasteiger partial charge in [-0.05, 0) is 13.8 Å². The molecule has 2 atom stereocenters. The molecule has 0 heterocycles. The SMILES string of the molecule is C[C@@H](O)[C@@H](C)OC(F)(F)F. The molecule has 0 aliphatic carbocycles. The number of hydrogen-bond acceptors (Lipinski definition) is 2. The van der Waals surface area contributed by atoms with E-state index in [2.05, 4.69) is 4.74 Å². The first kappa shape index (κ1) is 9.71. The average molecular weight is 158 g/mol.